The first kappa shape index (κ1) is 8.10. The largest absolute Gasteiger partial charge is 0.411 e. The molecule has 0 aromatic carbocycles. The first-order chi connectivity index (χ1) is 5.81. The molecule has 0 unspecified atom stereocenters. The number of hydrogen-bond acceptors (Lipinski definition) is 2. The highest BCUT2D eigenvalue weighted by atomic mass is 127. The molecule has 1 aliphatic rings. The maximum atomic E-state index is 8.72. The third kappa shape index (κ3) is 1.24. The quantitative estimate of drug-likeness (QED) is 0.439. The Hall–Kier alpha value is -0.520. The normalized spacial score (nSPS) is 19.6. The molecule has 3 nitrogen and oxygen atoms in total. The van der Waals surface area contributed by atoms with Crippen molar-refractivity contribution in [3.63, 3.8) is 0 Å². The van der Waals surface area contributed by atoms with Crippen LogP contribution in [-0.4, -0.2) is 15.5 Å². The fourth-order valence-electron chi connectivity index (χ4n) is 1.55. The third-order valence-corrected chi connectivity index (χ3v) is 2.68. The molecule has 2 rings (SSSR count). The Balaban J connectivity index is 2.50. The van der Waals surface area contributed by atoms with Gasteiger partial charge in [-0.05, 0) is 41.5 Å². The van der Waals surface area contributed by atoms with Crippen molar-refractivity contribution in [2.45, 2.75) is 19.4 Å². The average molecular weight is 276 g/mol. The molecular formula is C8H9IN2O. The van der Waals surface area contributed by atoms with Gasteiger partial charge >= 0.3 is 0 Å². The SMILES string of the molecule is O/N=C1/CCCn2cc(I)cc21. The van der Waals surface area contributed by atoms with E-state index in [0.29, 0.717) is 0 Å². The van der Waals surface area contributed by atoms with Crippen LogP contribution in [0.1, 0.15) is 18.5 Å². The van der Waals surface area contributed by atoms with Crippen molar-refractivity contribution in [3.8, 4) is 0 Å². The molecule has 0 aliphatic carbocycles. The summed E-state index contributed by atoms with van der Waals surface area (Å²) in [6, 6.07) is 2.05. The minimum Gasteiger partial charge on any atom is -0.411 e. The molecule has 0 atom stereocenters. The second kappa shape index (κ2) is 3.08. The van der Waals surface area contributed by atoms with Crippen LogP contribution >= 0.6 is 22.6 Å². The van der Waals surface area contributed by atoms with Gasteiger partial charge in [-0.2, -0.15) is 0 Å². The van der Waals surface area contributed by atoms with Crippen LogP contribution < -0.4 is 0 Å². The summed E-state index contributed by atoms with van der Waals surface area (Å²) >= 11 is 2.27. The molecule has 64 valence electrons. The molecular weight excluding hydrogens is 267 g/mol. The molecule has 0 fully saturated rings. The van der Waals surface area contributed by atoms with Gasteiger partial charge in [0.2, 0.25) is 0 Å². The fraction of sp³-hybridized carbons (Fsp3) is 0.375. The average Bonchev–Trinajstić information content (AvgIpc) is 2.44. The van der Waals surface area contributed by atoms with E-state index in [0.717, 1.165) is 30.8 Å². The smallest absolute Gasteiger partial charge is 0.103 e. The number of rotatable bonds is 0. The van der Waals surface area contributed by atoms with Gasteiger partial charge in [0.15, 0.2) is 0 Å². The lowest BCUT2D eigenvalue weighted by Gasteiger charge is -2.15. The van der Waals surface area contributed by atoms with Gasteiger partial charge in [-0.15, -0.1) is 0 Å². The molecule has 1 aliphatic heterocycles. The van der Waals surface area contributed by atoms with Gasteiger partial charge < -0.3 is 9.77 Å². The Kier molecular flexibility index (Phi) is 2.08. The summed E-state index contributed by atoms with van der Waals surface area (Å²) in [6.07, 6.45) is 4.04. The molecule has 2 heterocycles. The van der Waals surface area contributed by atoms with Gasteiger partial charge in [0.1, 0.15) is 5.71 Å². The third-order valence-electron chi connectivity index (χ3n) is 2.09. The number of fused-ring (bicyclic) bond motifs is 1. The summed E-state index contributed by atoms with van der Waals surface area (Å²) in [4.78, 5) is 0. The van der Waals surface area contributed by atoms with Gasteiger partial charge in [0.05, 0.1) is 5.69 Å². The lowest BCUT2D eigenvalue weighted by molar-refractivity contribution is 0.316. The summed E-state index contributed by atoms with van der Waals surface area (Å²) in [5.41, 5.74) is 1.87. The molecule has 0 amide bonds. The molecule has 0 saturated heterocycles. The molecule has 0 bridgehead atoms. The number of oxime groups is 1. The second-order valence-corrected chi connectivity index (χ2v) is 4.13. The maximum Gasteiger partial charge on any atom is 0.103 e. The van der Waals surface area contributed by atoms with Crippen molar-refractivity contribution < 1.29 is 5.21 Å². The highest BCUT2D eigenvalue weighted by Crippen LogP contribution is 2.19. The second-order valence-electron chi connectivity index (χ2n) is 2.89. The standard InChI is InChI=1S/C8H9IN2O/c9-6-4-8-7(10-12)2-1-3-11(8)5-6/h4-5,12H,1-3H2/b10-7-. The predicted molar refractivity (Wildman–Crippen MR) is 54.7 cm³/mol. The maximum absolute atomic E-state index is 8.72. The molecule has 1 aromatic heterocycles. The Morgan fingerprint density at radius 1 is 1.58 bits per heavy atom. The Morgan fingerprint density at radius 2 is 2.42 bits per heavy atom. The van der Waals surface area contributed by atoms with Gasteiger partial charge in [0, 0.05) is 16.3 Å². The molecule has 12 heavy (non-hydrogen) atoms. The molecule has 0 radical (unpaired) electrons. The number of aryl methyl sites for hydroxylation is 1. The van der Waals surface area contributed by atoms with Crippen molar-refractivity contribution >= 4 is 28.3 Å². The molecule has 4 heteroatoms. The number of hydrogen-bond donors (Lipinski definition) is 1. The summed E-state index contributed by atoms with van der Waals surface area (Å²) < 4.78 is 3.34. The van der Waals surface area contributed by atoms with Crippen LogP contribution in [0.2, 0.25) is 0 Å². The first-order valence-corrected chi connectivity index (χ1v) is 4.96. The monoisotopic (exact) mass is 276 g/mol. The molecule has 1 aromatic rings. The van der Waals surface area contributed by atoms with E-state index in [4.69, 9.17) is 5.21 Å². The Bertz CT molecular complexity index is 330. The minimum absolute atomic E-state index is 0.809. The van der Waals surface area contributed by atoms with E-state index in [1.54, 1.807) is 0 Å². The van der Waals surface area contributed by atoms with Crippen molar-refractivity contribution in [2.75, 3.05) is 0 Å². The van der Waals surface area contributed by atoms with E-state index in [9.17, 15) is 0 Å². The zero-order valence-electron chi connectivity index (χ0n) is 6.50. The van der Waals surface area contributed by atoms with Crippen LogP contribution in [0.15, 0.2) is 17.4 Å². The Labute approximate surface area is 84.2 Å². The van der Waals surface area contributed by atoms with Crippen LogP contribution in [0.3, 0.4) is 0 Å². The summed E-state index contributed by atoms with van der Waals surface area (Å²) in [7, 11) is 0. The number of halogens is 1. The van der Waals surface area contributed by atoms with E-state index in [-0.39, 0.29) is 0 Å². The topological polar surface area (TPSA) is 37.5 Å². The zero-order chi connectivity index (χ0) is 8.55. The van der Waals surface area contributed by atoms with Crippen LogP contribution in [0, 0.1) is 3.57 Å². The van der Waals surface area contributed by atoms with E-state index in [1.807, 2.05) is 0 Å². The molecule has 1 N–H and O–H groups in total. The first-order valence-electron chi connectivity index (χ1n) is 3.88. The fourth-order valence-corrected chi connectivity index (χ4v) is 2.18. The van der Waals surface area contributed by atoms with Crippen LogP contribution in [-0.2, 0) is 6.54 Å². The van der Waals surface area contributed by atoms with Crippen molar-refractivity contribution in [2.24, 2.45) is 5.16 Å². The molecule has 0 spiro atoms. The molecule has 0 saturated carbocycles. The van der Waals surface area contributed by atoms with Gasteiger partial charge in [-0.3, -0.25) is 0 Å². The Morgan fingerprint density at radius 3 is 3.17 bits per heavy atom. The predicted octanol–water partition coefficient (Wildman–Crippen LogP) is 2.06. The van der Waals surface area contributed by atoms with Gasteiger partial charge in [0.25, 0.3) is 0 Å². The number of aromatic nitrogens is 1. The van der Waals surface area contributed by atoms with Gasteiger partial charge in [-0.25, -0.2) is 0 Å². The van der Waals surface area contributed by atoms with E-state index < -0.39 is 0 Å². The summed E-state index contributed by atoms with van der Waals surface area (Å²) in [5, 5.41) is 12.0. The summed E-state index contributed by atoms with van der Waals surface area (Å²) in [6.45, 7) is 1.04. The van der Waals surface area contributed by atoms with Crippen LogP contribution in [0.4, 0.5) is 0 Å². The minimum atomic E-state index is 0.809. The van der Waals surface area contributed by atoms with Crippen molar-refractivity contribution in [1.82, 2.24) is 4.57 Å². The van der Waals surface area contributed by atoms with Gasteiger partial charge in [-0.1, -0.05) is 5.16 Å². The van der Waals surface area contributed by atoms with E-state index in [1.165, 1.54) is 3.57 Å². The van der Waals surface area contributed by atoms with E-state index in [2.05, 4.69) is 44.6 Å². The lowest BCUT2D eigenvalue weighted by atomic mass is 10.1. The lowest BCUT2D eigenvalue weighted by Crippen LogP contribution is -2.16. The number of nitrogens with zero attached hydrogens (tertiary/aromatic N) is 2. The van der Waals surface area contributed by atoms with Crippen LogP contribution in [0.25, 0.3) is 0 Å². The van der Waals surface area contributed by atoms with Crippen molar-refractivity contribution in [1.29, 1.82) is 0 Å². The zero-order valence-corrected chi connectivity index (χ0v) is 8.65. The van der Waals surface area contributed by atoms with Crippen molar-refractivity contribution in [3.05, 3.63) is 21.5 Å². The highest BCUT2D eigenvalue weighted by Gasteiger charge is 2.15. The summed E-state index contributed by atoms with van der Waals surface area (Å²) in [5.74, 6) is 0. The van der Waals surface area contributed by atoms with Crippen LogP contribution in [0.5, 0.6) is 0 Å². The van der Waals surface area contributed by atoms with E-state index >= 15 is 0 Å². The highest BCUT2D eigenvalue weighted by molar-refractivity contribution is 14.1.